The summed E-state index contributed by atoms with van der Waals surface area (Å²) in [6, 6.07) is 19.2. The number of hydrogen-bond acceptors (Lipinski definition) is 5. The Balaban J connectivity index is 1.84. The molecule has 2 heterocycles. The maximum atomic E-state index is 11.2. The summed E-state index contributed by atoms with van der Waals surface area (Å²) in [5, 5.41) is 19.8. The van der Waals surface area contributed by atoms with Crippen LogP contribution in [0.15, 0.2) is 73.1 Å². The molecule has 2 unspecified atom stereocenters. The Hall–Kier alpha value is -3.25. The van der Waals surface area contributed by atoms with Crippen LogP contribution in [0.25, 0.3) is 11.0 Å². The molecule has 6 heteroatoms. The van der Waals surface area contributed by atoms with Crippen molar-refractivity contribution in [1.29, 1.82) is 0 Å². The molecular formula is C21H21N5O. The van der Waals surface area contributed by atoms with Gasteiger partial charge in [-0.1, -0.05) is 29.5 Å². The molecule has 4 aromatic rings. The minimum absolute atomic E-state index is 0.406. The molecule has 0 fully saturated rings. The van der Waals surface area contributed by atoms with Crippen LogP contribution in [-0.2, 0) is 0 Å². The van der Waals surface area contributed by atoms with Gasteiger partial charge in [-0.2, -0.15) is 0 Å². The highest BCUT2D eigenvalue weighted by Crippen LogP contribution is 2.34. The summed E-state index contributed by atoms with van der Waals surface area (Å²) in [7, 11) is 4.01. The minimum atomic E-state index is -0.789. The second-order valence-electron chi connectivity index (χ2n) is 6.68. The number of fused-ring (bicyclic) bond motifs is 1. The number of benzene rings is 2. The van der Waals surface area contributed by atoms with Crippen LogP contribution in [0.2, 0.25) is 0 Å². The van der Waals surface area contributed by atoms with E-state index in [1.165, 1.54) is 0 Å². The number of para-hydroxylation sites is 1. The molecule has 0 amide bonds. The van der Waals surface area contributed by atoms with E-state index >= 15 is 0 Å². The lowest BCUT2D eigenvalue weighted by molar-refractivity contribution is 0.126. The van der Waals surface area contributed by atoms with Crippen LogP contribution in [0.5, 0.6) is 0 Å². The number of aliphatic hydroxyl groups excluding tert-OH is 1. The fourth-order valence-corrected chi connectivity index (χ4v) is 3.26. The molecule has 4 rings (SSSR count). The van der Waals surface area contributed by atoms with E-state index < -0.39 is 12.1 Å². The number of rotatable bonds is 5. The summed E-state index contributed by atoms with van der Waals surface area (Å²) in [6.07, 6.45) is 2.58. The van der Waals surface area contributed by atoms with E-state index in [0.717, 1.165) is 27.8 Å². The summed E-state index contributed by atoms with van der Waals surface area (Å²) >= 11 is 0. The van der Waals surface area contributed by atoms with Crippen LogP contribution in [0.1, 0.15) is 23.3 Å². The zero-order valence-corrected chi connectivity index (χ0v) is 15.3. The van der Waals surface area contributed by atoms with E-state index in [0.29, 0.717) is 0 Å². The lowest BCUT2D eigenvalue weighted by atomic mass is 9.96. The highest BCUT2D eigenvalue weighted by molar-refractivity contribution is 5.74. The van der Waals surface area contributed by atoms with Crippen molar-refractivity contribution in [3.05, 3.63) is 84.2 Å². The number of anilines is 1. The fraction of sp³-hybridized carbons (Fsp3) is 0.190. The lowest BCUT2D eigenvalue weighted by Gasteiger charge is -2.25. The third-order valence-electron chi connectivity index (χ3n) is 4.74. The first-order chi connectivity index (χ1) is 13.1. The first-order valence-electron chi connectivity index (χ1n) is 8.80. The highest BCUT2D eigenvalue weighted by atomic mass is 16.3. The molecule has 0 bridgehead atoms. The van der Waals surface area contributed by atoms with Gasteiger partial charge in [0.2, 0.25) is 0 Å². The lowest BCUT2D eigenvalue weighted by Crippen LogP contribution is -2.21. The average molecular weight is 359 g/mol. The van der Waals surface area contributed by atoms with E-state index in [-0.39, 0.29) is 0 Å². The quantitative estimate of drug-likeness (QED) is 0.593. The molecule has 1 N–H and O–H groups in total. The van der Waals surface area contributed by atoms with Gasteiger partial charge in [0.05, 0.1) is 5.52 Å². The standard InChI is InChI=1S/C21H21N5O/c1-25(2)17-9-7-15(8-10-17)20(21(27)16-11-13-22-14-12-16)26-19-6-4-3-5-18(19)23-24-26/h3-14,20-21,27H,1-2H3. The fourth-order valence-electron chi connectivity index (χ4n) is 3.26. The maximum absolute atomic E-state index is 11.2. The smallest absolute Gasteiger partial charge is 0.113 e. The summed E-state index contributed by atoms with van der Waals surface area (Å²) in [5.74, 6) is 0. The molecule has 2 aromatic heterocycles. The number of nitrogens with zero attached hydrogens (tertiary/aromatic N) is 5. The van der Waals surface area contributed by atoms with Crippen LogP contribution < -0.4 is 4.90 Å². The van der Waals surface area contributed by atoms with Crippen LogP contribution in [-0.4, -0.2) is 39.2 Å². The molecular weight excluding hydrogens is 338 g/mol. The van der Waals surface area contributed by atoms with Gasteiger partial charge < -0.3 is 10.0 Å². The molecule has 2 atom stereocenters. The van der Waals surface area contributed by atoms with Crippen LogP contribution >= 0.6 is 0 Å². The number of hydrogen-bond donors (Lipinski definition) is 1. The van der Waals surface area contributed by atoms with Crippen molar-refractivity contribution >= 4 is 16.7 Å². The Labute approximate surface area is 157 Å². The van der Waals surface area contributed by atoms with Crippen molar-refractivity contribution in [1.82, 2.24) is 20.0 Å². The van der Waals surface area contributed by atoms with E-state index in [1.807, 2.05) is 79.7 Å². The second kappa shape index (κ2) is 7.17. The predicted octanol–water partition coefficient (Wildman–Crippen LogP) is 3.22. The van der Waals surface area contributed by atoms with Crippen molar-refractivity contribution in [3.8, 4) is 0 Å². The Morgan fingerprint density at radius 2 is 1.59 bits per heavy atom. The van der Waals surface area contributed by atoms with Crippen molar-refractivity contribution < 1.29 is 5.11 Å². The van der Waals surface area contributed by atoms with Gasteiger partial charge >= 0.3 is 0 Å². The molecule has 6 nitrogen and oxygen atoms in total. The Morgan fingerprint density at radius 3 is 2.30 bits per heavy atom. The number of aliphatic hydroxyl groups is 1. The molecule has 0 aliphatic rings. The summed E-state index contributed by atoms with van der Waals surface area (Å²) in [5.41, 5.74) is 4.52. The summed E-state index contributed by atoms with van der Waals surface area (Å²) in [4.78, 5) is 6.10. The van der Waals surface area contributed by atoms with Gasteiger partial charge in [0, 0.05) is 32.2 Å². The van der Waals surface area contributed by atoms with Gasteiger partial charge in [-0.25, -0.2) is 4.68 Å². The van der Waals surface area contributed by atoms with Gasteiger partial charge in [-0.3, -0.25) is 4.98 Å². The number of pyridine rings is 1. The molecule has 0 spiro atoms. The van der Waals surface area contributed by atoms with E-state index in [9.17, 15) is 5.11 Å². The molecule has 27 heavy (non-hydrogen) atoms. The zero-order valence-electron chi connectivity index (χ0n) is 15.3. The topological polar surface area (TPSA) is 67.1 Å². The molecule has 136 valence electrons. The van der Waals surface area contributed by atoms with Crippen LogP contribution in [0, 0.1) is 0 Å². The second-order valence-corrected chi connectivity index (χ2v) is 6.68. The van der Waals surface area contributed by atoms with Crippen molar-refractivity contribution in [3.63, 3.8) is 0 Å². The van der Waals surface area contributed by atoms with E-state index in [2.05, 4.69) is 15.3 Å². The zero-order chi connectivity index (χ0) is 18.8. The van der Waals surface area contributed by atoms with Crippen LogP contribution in [0.3, 0.4) is 0 Å². The molecule has 0 radical (unpaired) electrons. The Bertz CT molecular complexity index is 1030. The van der Waals surface area contributed by atoms with E-state index in [1.54, 1.807) is 17.1 Å². The largest absolute Gasteiger partial charge is 0.386 e. The number of aromatic nitrogens is 4. The monoisotopic (exact) mass is 359 g/mol. The third-order valence-corrected chi connectivity index (χ3v) is 4.74. The Kier molecular flexibility index (Phi) is 4.56. The van der Waals surface area contributed by atoms with Crippen molar-refractivity contribution in [2.75, 3.05) is 19.0 Å². The van der Waals surface area contributed by atoms with E-state index in [4.69, 9.17) is 0 Å². The Morgan fingerprint density at radius 1 is 0.889 bits per heavy atom. The molecule has 2 aromatic carbocycles. The summed E-state index contributed by atoms with van der Waals surface area (Å²) < 4.78 is 1.80. The SMILES string of the molecule is CN(C)c1ccc(C(C(O)c2ccncc2)n2nnc3ccccc32)cc1. The van der Waals surface area contributed by atoms with Gasteiger partial charge in [0.25, 0.3) is 0 Å². The molecule has 0 aliphatic carbocycles. The van der Waals surface area contributed by atoms with Gasteiger partial charge in [-0.15, -0.1) is 5.10 Å². The van der Waals surface area contributed by atoms with Crippen LogP contribution in [0.4, 0.5) is 5.69 Å². The van der Waals surface area contributed by atoms with Crippen molar-refractivity contribution in [2.24, 2.45) is 0 Å². The first kappa shape index (κ1) is 17.2. The van der Waals surface area contributed by atoms with Gasteiger partial charge in [0.1, 0.15) is 17.7 Å². The minimum Gasteiger partial charge on any atom is -0.386 e. The molecule has 0 aliphatic heterocycles. The normalized spacial score (nSPS) is 13.4. The van der Waals surface area contributed by atoms with Gasteiger partial charge in [-0.05, 0) is 47.5 Å². The molecule has 0 saturated carbocycles. The van der Waals surface area contributed by atoms with Gasteiger partial charge in [0.15, 0.2) is 0 Å². The first-order valence-corrected chi connectivity index (χ1v) is 8.80. The molecule has 0 saturated heterocycles. The summed E-state index contributed by atoms with van der Waals surface area (Å²) in [6.45, 7) is 0. The van der Waals surface area contributed by atoms with Crippen molar-refractivity contribution in [2.45, 2.75) is 12.1 Å². The third kappa shape index (κ3) is 3.27. The predicted molar refractivity (Wildman–Crippen MR) is 106 cm³/mol. The highest BCUT2D eigenvalue weighted by Gasteiger charge is 2.27. The maximum Gasteiger partial charge on any atom is 0.113 e. The average Bonchev–Trinajstić information content (AvgIpc) is 3.13.